The molecule has 132 valence electrons. The number of hydrogen-bond acceptors (Lipinski definition) is 5. The first-order valence-corrected chi connectivity index (χ1v) is 7.96. The molecule has 0 radical (unpaired) electrons. The van der Waals surface area contributed by atoms with Crippen LogP contribution < -0.4 is 20.2 Å². The number of nitrogens with one attached hydrogen (secondary N) is 1. The summed E-state index contributed by atoms with van der Waals surface area (Å²) in [5.74, 6) is -0.859. The zero-order valence-electron chi connectivity index (χ0n) is 13.9. The second kappa shape index (κ2) is 6.46. The van der Waals surface area contributed by atoms with Crippen molar-refractivity contribution in [3.05, 3.63) is 34.1 Å². The van der Waals surface area contributed by atoms with Gasteiger partial charge in [-0.25, -0.2) is 4.79 Å². The van der Waals surface area contributed by atoms with Crippen LogP contribution in [0.15, 0.2) is 23.1 Å². The monoisotopic (exact) mass is 346 g/mol. The molecule has 0 spiro atoms. The molecule has 25 heavy (non-hydrogen) atoms. The largest absolute Gasteiger partial charge is 0.480 e. The molecule has 0 saturated carbocycles. The Morgan fingerprint density at radius 3 is 2.56 bits per heavy atom. The Morgan fingerprint density at radius 1 is 1.28 bits per heavy atom. The minimum atomic E-state index is -1.14. The van der Waals surface area contributed by atoms with E-state index in [0.29, 0.717) is 28.9 Å². The maximum absolute atomic E-state index is 12.8. The molecule has 8 nitrogen and oxygen atoms in total. The fraction of sp³-hybridized carbons (Fsp3) is 0.353. The molecule has 2 aromatic rings. The number of aliphatic carboxylic acids is 1. The van der Waals surface area contributed by atoms with Gasteiger partial charge in [0, 0.05) is 18.8 Å². The minimum Gasteiger partial charge on any atom is -0.480 e. The molecule has 0 fully saturated rings. The van der Waals surface area contributed by atoms with Gasteiger partial charge in [0.2, 0.25) is 12.2 Å². The van der Waals surface area contributed by atoms with Gasteiger partial charge in [0.15, 0.2) is 11.5 Å². The summed E-state index contributed by atoms with van der Waals surface area (Å²) >= 11 is 0. The van der Waals surface area contributed by atoms with Gasteiger partial charge in [-0.3, -0.25) is 9.59 Å². The lowest BCUT2D eigenvalue weighted by molar-refractivity contribution is -0.139. The highest BCUT2D eigenvalue weighted by Gasteiger charge is 2.23. The van der Waals surface area contributed by atoms with Crippen LogP contribution >= 0.6 is 0 Å². The lowest BCUT2D eigenvalue weighted by atomic mass is 10.1. The van der Waals surface area contributed by atoms with Crippen molar-refractivity contribution < 1.29 is 24.2 Å². The molecule has 8 heteroatoms. The molecule has 1 unspecified atom stereocenters. The lowest BCUT2D eigenvalue weighted by Crippen LogP contribution is -2.42. The Bertz CT molecular complexity index is 917. The number of benzene rings is 1. The van der Waals surface area contributed by atoms with Crippen LogP contribution in [0.5, 0.6) is 11.5 Å². The van der Waals surface area contributed by atoms with Crippen molar-refractivity contribution in [2.24, 2.45) is 0 Å². The molecule has 1 amide bonds. The van der Waals surface area contributed by atoms with Crippen LogP contribution in [0.1, 0.15) is 30.6 Å². The van der Waals surface area contributed by atoms with Gasteiger partial charge in [0.05, 0.1) is 10.9 Å². The predicted molar refractivity (Wildman–Crippen MR) is 89.2 cm³/mol. The van der Waals surface area contributed by atoms with Gasteiger partial charge in [-0.2, -0.15) is 0 Å². The molecule has 2 N–H and O–H groups in total. The third kappa shape index (κ3) is 2.90. The van der Waals surface area contributed by atoms with E-state index in [1.54, 1.807) is 23.6 Å². The van der Waals surface area contributed by atoms with Gasteiger partial charge in [0.1, 0.15) is 11.6 Å². The smallest absolute Gasteiger partial charge is 0.326 e. The molecule has 0 saturated heterocycles. The Labute approximate surface area is 143 Å². The average molecular weight is 346 g/mol. The number of carboxylic acids is 1. The van der Waals surface area contributed by atoms with Crippen LogP contribution in [0.4, 0.5) is 0 Å². The molecule has 1 aliphatic rings. The van der Waals surface area contributed by atoms with E-state index in [-0.39, 0.29) is 18.8 Å². The maximum atomic E-state index is 12.8. The number of amides is 1. The second-order valence-electron chi connectivity index (χ2n) is 5.65. The predicted octanol–water partition coefficient (Wildman–Crippen LogP) is 1.34. The van der Waals surface area contributed by atoms with Crippen molar-refractivity contribution in [3.8, 4) is 11.5 Å². The van der Waals surface area contributed by atoms with E-state index < -0.39 is 23.3 Å². The molecular weight excluding hydrogens is 328 g/mol. The van der Waals surface area contributed by atoms with Gasteiger partial charge in [-0.15, -0.1) is 0 Å². The molecule has 3 rings (SSSR count). The highest BCUT2D eigenvalue weighted by atomic mass is 16.7. The van der Waals surface area contributed by atoms with E-state index in [2.05, 4.69) is 5.32 Å². The van der Waals surface area contributed by atoms with Crippen molar-refractivity contribution in [1.29, 1.82) is 0 Å². The Morgan fingerprint density at radius 2 is 1.96 bits per heavy atom. The quantitative estimate of drug-likeness (QED) is 0.846. The van der Waals surface area contributed by atoms with Crippen molar-refractivity contribution in [3.63, 3.8) is 0 Å². The minimum absolute atomic E-state index is 0.0795. The summed E-state index contributed by atoms with van der Waals surface area (Å²) in [5.41, 5.74) is 0.0437. The second-order valence-corrected chi connectivity index (χ2v) is 5.65. The molecule has 1 aromatic heterocycles. The van der Waals surface area contributed by atoms with Crippen LogP contribution in [0.2, 0.25) is 0 Å². The van der Waals surface area contributed by atoms with Gasteiger partial charge in [0.25, 0.3) is 5.91 Å². The first kappa shape index (κ1) is 16.8. The molecule has 1 atom stereocenters. The first-order valence-electron chi connectivity index (χ1n) is 7.96. The van der Waals surface area contributed by atoms with Crippen molar-refractivity contribution in [2.75, 3.05) is 6.79 Å². The summed E-state index contributed by atoms with van der Waals surface area (Å²) in [7, 11) is 0. The van der Waals surface area contributed by atoms with E-state index in [0.717, 1.165) is 0 Å². The number of nitrogens with zero attached hydrogens (tertiary/aromatic N) is 1. The zero-order valence-corrected chi connectivity index (χ0v) is 13.9. The average Bonchev–Trinajstić information content (AvgIpc) is 3.05. The molecule has 1 aromatic carbocycles. The highest BCUT2D eigenvalue weighted by Crippen LogP contribution is 2.35. The summed E-state index contributed by atoms with van der Waals surface area (Å²) in [4.78, 5) is 36.3. The SMILES string of the molecule is CCC(NC(=O)c1cn(CC)c2cc3c(cc2c1=O)OCO3)C(=O)O. The number of aryl methyl sites for hydroxylation is 1. The summed E-state index contributed by atoms with van der Waals surface area (Å²) in [6.45, 7) is 4.12. The fourth-order valence-electron chi connectivity index (χ4n) is 2.78. The first-order chi connectivity index (χ1) is 12.0. The number of carboxylic acid groups (broad SMARTS) is 1. The summed E-state index contributed by atoms with van der Waals surface area (Å²) in [6, 6.07) is 2.21. The summed E-state index contributed by atoms with van der Waals surface area (Å²) < 4.78 is 12.4. The van der Waals surface area contributed by atoms with Crippen LogP contribution in [0.3, 0.4) is 0 Å². The molecule has 1 aliphatic heterocycles. The van der Waals surface area contributed by atoms with Gasteiger partial charge >= 0.3 is 5.97 Å². The third-order valence-electron chi connectivity index (χ3n) is 4.17. The third-order valence-corrected chi connectivity index (χ3v) is 4.17. The number of rotatable bonds is 5. The molecule has 2 heterocycles. The van der Waals surface area contributed by atoms with Crippen LogP contribution in [-0.4, -0.2) is 34.4 Å². The number of carbonyl (C=O) groups excluding carboxylic acids is 1. The number of hydrogen-bond donors (Lipinski definition) is 2. The Balaban J connectivity index is 2.12. The summed E-state index contributed by atoms with van der Waals surface area (Å²) in [5, 5.41) is 11.8. The van der Waals surface area contributed by atoms with Crippen molar-refractivity contribution >= 4 is 22.8 Å². The summed E-state index contributed by atoms with van der Waals surface area (Å²) in [6.07, 6.45) is 1.66. The topological polar surface area (TPSA) is 107 Å². The number of ether oxygens (including phenoxy) is 2. The van der Waals surface area contributed by atoms with Gasteiger partial charge in [-0.05, 0) is 19.4 Å². The van der Waals surface area contributed by atoms with Crippen LogP contribution in [0.25, 0.3) is 10.9 Å². The van der Waals surface area contributed by atoms with Crippen molar-refractivity contribution in [2.45, 2.75) is 32.9 Å². The van der Waals surface area contributed by atoms with E-state index >= 15 is 0 Å². The molecule has 0 aliphatic carbocycles. The Hall–Kier alpha value is -3.03. The standard InChI is InChI=1S/C17H18N2O6/c1-3-11(17(22)23)18-16(21)10-7-19(4-2)12-6-14-13(24-8-25-14)5-9(12)15(10)20/h5-7,11H,3-4,8H2,1-2H3,(H,18,21)(H,22,23). The van der Waals surface area contributed by atoms with E-state index in [9.17, 15) is 14.4 Å². The van der Waals surface area contributed by atoms with Gasteiger partial charge in [-0.1, -0.05) is 6.92 Å². The van der Waals surface area contributed by atoms with E-state index in [4.69, 9.17) is 14.6 Å². The molecule has 0 bridgehead atoms. The van der Waals surface area contributed by atoms with Gasteiger partial charge < -0.3 is 24.5 Å². The van der Waals surface area contributed by atoms with Crippen LogP contribution in [0, 0.1) is 0 Å². The maximum Gasteiger partial charge on any atom is 0.326 e. The lowest BCUT2D eigenvalue weighted by Gasteiger charge is -2.15. The zero-order chi connectivity index (χ0) is 18.1. The number of pyridine rings is 1. The van der Waals surface area contributed by atoms with Crippen LogP contribution in [-0.2, 0) is 11.3 Å². The normalized spacial score (nSPS) is 13.7. The van der Waals surface area contributed by atoms with E-state index in [1.807, 2.05) is 6.92 Å². The number of fused-ring (bicyclic) bond motifs is 2. The Kier molecular flexibility index (Phi) is 4.35. The molecular formula is C17H18N2O6. The number of aromatic nitrogens is 1. The van der Waals surface area contributed by atoms with Crippen molar-refractivity contribution in [1.82, 2.24) is 9.88 Å². The highest BCUT2D eigenvalue weighted by molar-refractivity contribution is 5.99. The number of carbonyl (C=O) groups is 2. The van der Waals surface area contributed by atoms with E-state index in [1.165, 1.54) is 6.20 Å². The fourth-order valence-corrected chi connectivity index (χ4v) is 2.78.